The number of hydrogen-bond donors (Lipinski definition) is 3. The molecule has 0 fully saturated rings. The number of carbonyl (C=O) groups excluding carboxylic acids is 1. The highest BCUT2D eigenvalue weighted by Crippen LogP contribution is 2.27. The predicted molar refractivity (Wildman–Crippen MR) is 93.9 cm³/mol. The van der Waals surface area contributed by atoms with E-state index in [1.807, 2.05) is 0 Å². The number of benzene rings is 2. The Morgan fingerprint density at radius 1 is 1.16 bits per heavy atom. The number of ether oxygens (including phenoxy) is 1. The largest absolute Gasteiger partial charge is 0.423 e. The molecule has 0 radical (unpaired) electrons. The summed E-state index contributed by atoms with van der Waals surface area (Å²) in [5.41, 5.74) is 5.98. The third-order valence-electron chi connectivity index (χ3n) is 2.70. The average molecular weight is 384 g/mol. The second-order valence-electron chi connectivity index (χ2n) is 4.92. The predicted octanol–water partition coefficient (Wildman–Crippen LogP) is 2.20. The summed E-state index contributed by atoms with van der Waals surface area (Å²) in [7, 11) is -3.74. The zero-order chi connectivity index (χ0) is 18.6. The van der Waals surface area contributed by atoms with Gasteiger partial charge >= 0.3 is 16.1 Å². The molecule has 0 aliphatic heterocycles. The molecular weight excluding hydrogens is 370 g/mol. The molecule has 8 nitrogen and oxygen atoms in total. The summed E-state index contributed by atoms with van der Waals surface area (Å²) in [4.78, 5) is 12.1. The lowest BCUT2D eigenvalue weighted by Crippen LogP contribution is -2.20. The molecule has 2 rings (SSSR count). The molecule has 132 valence electrons. The van der Waals surface area contributed by atoms with Gasteiger partial charge in [-0.25, -0.2) is 4.79 Å². The van der Waals surface area contributed by atoms with Crippen molar-refractivity contribution in [3.8, 4) is 11.5 Å². The van der Waals surface area contributed by atoms with Crippen molar-refractivity contribution < 1.29 is 22.1 Å². The van der Waals surface area contributed by atoms with Crippen LogP contribution in [-0.2, 0) is 10.1 Å². The van der Waals surface area contributed by atoms with E-state index in [1.54, 1.807) is 12.1 Å². The SMILES string of the molecule is CS(=O)(=O)Oc1cc(Cl)cc(OC(=O)c2ccc(NC(=N)N)cc2)c1. The lowest BCUT2D eigenvalue weighted by molar-refractivity contribution is 0.0735. The fourth-order valence-corrected chi connectivity index (χ4v) is 2.49. The van der Waals surface area contributed by atoms with Gasteiger partial charge in [0.2, 0.25) is 0 Å². The third kappa shape index (κ3) is 5.98. The van der Waals surface area contributed by atoms with Crippen molar-refractivity contribution in [2.75, 3.05) is 11.6 Å². The summed E-state index contributed by atoms with van der Waals surface area (Å²) in [5, 5.41) is 9.85. The maximum atomic E-state index is 12.1. The van der Waals surface area contributed by atoms with Crippen molar-refractivity contribution in [2.45, 2.75) is 0 Å². The Kier molecular flexibility index (Phi) is 5.50. The molecule has 0 heterocycles. The van der Waals surface area contributed by atoms with Crippen LogP contribution in [0.15, 0.2) is 42.5 Å². The number of nitrogens with one attached hydrogen (secondary N) is 2. The van der Waals surface area contributed by atoms with Gasteiger partial charge in [-0.05, 0) is 30.3 Å². The van der Waals surface area contributed by atoms with Gasteiger partial charge in [0.05, 0.1) is 11.8 Å². The quantitative estimate of drug-likeness (QED) is 0.237. The number of anilines is 1. The summed E-state index contributed by atoms with van der Waals surface area (Å²) < 4.78 is 32.2. The first-order chi connectivity index (χ1) is 11.6. The van der Waals surface area contributed by atoms with Crippen LogP contribution < -0.4 is 20.0 Å². The number of hydrogen-bond acceptors (Lipinski definition) is 6. The zero-order valence-electron chi connectivity index (χ0n) is 12.9. The van der Waals surface area contributed by atoms with Crippen LogP contribution in [0, 0.1) is 5.41 Å². The van der Waals surface area contributed by atoms with Gasteiger partial charge in [-0.3, -0.25) is 5.41 Å². The summed E-state index contributed by atoms with van der Waals surface area (Å²) >= 11 is 5.87. The molecule has 0 saturated carbocycles. The molecule has 0 amide bonds. The van der Waals surface area contributed by atoms with Gasteiger partial charge in [0, 0.05) is 22.8 Å². The maximum Gasteiger partial charge on any atom is 0.343 e. The molecule has 0 aromatic heterocycles. The van der Waals surface area contributed by atoms with Crippen LogP contribution in [0.5, 0.6) is 11.5 Å². The lowest BCUT2D eigenvalue weighted by atomic mass is 10.2. The molecule has 10 heteroatoms. The monoisotopic (exact) mass is 383 g/mol. The number of rotatable bonds is 5. The van der Waals surface area contributed by atoms with E-state index in [9.17, 15) is 13.2 Å². The number of esters is 1. The highest BCUT2D eigenvalue weighted by molar-refractivity contribution is 7.86. The fourth-order valence-electron chi connectivity index (χ4n) is 1.83. The molecule has 0 unspecified atom stereocenters. The fraction of sp³-hybridized carbons (Fsp3) is 0.0667. The van der Waals surface area contributed by atoms with Crippen LogP contribution in [0.25, 0.3) is 0 Å². The Hall–Kier alpha value is -2.78. The van der Waals surface area contributed by atoms with E-state index in [1.165, 1.54) is 30.3 Å². The molecular formula is C15H14ClN3O5S. The molecule has 0 bridgehead atoms. The van der Waals surface area contributed by atoms with Crippen LogP contribution in [0.1, 0.15) is 10.4 Å². The Morgan fingerprint density at radius 2 is 1.76 bits per heavy atom. The van der Waals surface area contributed by atoms with E-state index in [0.717, 1.165) is 6.26 Å². The highest BCUT2D eigenvalue weighted by atomic mass is 35.5. The van der Waals surface area contributed by atoms with Crippen molar-refractivity contribution in [1.29, 1.82) is 5.41 Å². The van der Waals surface area contributed by atoms with Crippen LogP contribution in [-0.4, -0.2) is 26.6 Å². The zero-order valence-corrected chi connectivity index (χ0v) is 14.5. The number of carbonyl (C=O) groups is 1. The molecule has 0 saturated heterocycles. The van der Waals surface area contributed by atoms with E-state index in [2.05, 4.69) is 5.32 Å². The van der Waals surface area contributed by atoms with Gasteiger partial charge in [0.25, 0.3) is 0 Å². The van der Waals surface area contributed by atoms with Crippen molar-refractivity contribution in [1.82, 2.24) is 0 Å². The summed E-state index contributed by atoms with van der Waals surface area (Å²) in [6, 6.07) is 9.92. The van der Waals surface area contributed by atoms with Crippen LogP contribution >= 0.6 is 11.6 Å². The number of halogens is 1. The minimum absolute atomic E-state index is 0.0297. The molecule has 2 aromatic carbocycles. The van der Waals surface area contributed by atoms with Crippen LogP contribution in [0.3, 0.4) is 0 Å². The van der Waals surface area contributed by atoms with E-state index in [-0.39, 0.29) is 28.0 Å². The van der Waals surface area contributed by atoms with E-state index in [4.69, 9.17) is 31.7 Å². The highest BCUT2D eigenvalue weighted by Gasteiger charge is 2.12. The first-order valence-corrected chi connectivity index (χ1v) is 8.95. The number of nitrogens with two attached hydrogens (primary N) is 1. The van der Waals surface area contributed by atoms with Crippen molar-refractivity contribution in [3.05, 3.63) is 53.1 Å². The first-order valence-electron chi connectivity index (χ1n) is 6.76. The first kappa shape index (κ1) is 18.6. The molecule has 0 aliphatic rings. The summed E-state index contributed by atoms with van der Waals surface area (Å²) in [6.07, 6.45) is 0.885. The van der Waals surface area contributed by atoms with Crippen molar-refractivity contribution in [3.63, 3.8) is 0 Å². The average Bonchev–Trinajstić information content (AvgIpc) is 2.44. The van der Waals surface area contributed by atoms with Gasteiger partial charge < -0.3 is 20.0 Å². The second kappa shape index (κ2) is 7.41. The Labute approximate surface area is 149 Å². The molecule has 0 atom stereocenters. The Morgan fingerprint density at radius 3 is 2.32 bits per heavy atom. The van der Waals surface area contributed by atoms with Gasteiger partial charge in [0.15, 0.2) is 5.96 Å². The summed E-state index contributed by atoms with van der Waals surface area (Å²) in [5.74, 6) is -0.949. The van der Waals surface area contributed by atoms with Crippen LogP contribution in [0.2, 0.25) is 5.02 Å². The lowest BCUT2D eigenvalue weighted by Gasteiger charge is -2.09. The third-order valence-corrected chi connectivity index (χ3v) is 3.42. The van der Waals surface area contributed by atoms with E-state index in [0.29, 0.717) is 5.69 Å². The molecule has 4 N–H and O–H groups in total. The molecule has 0 aliphatic carbocycles. The van der Waals surface area contributed by atoms with E-state index >= 15 is 0 Å². The molecule has 25 heavy (non-hydrogen) atoms. The number of guanidine groups is 1. The van der Waals surface area contributed by atoms with Crippen molar-refractivity contribution in [2.24, 2.45) is 5.73 Å². The van der Waals surface area contributed by atoms with Crippen molar-refractivity contribution >= 4 is 39.3 Å². The second-order valence-corrected chi connectivity index (χ2v) is 6.93. The Balaban J connectivity index is 2.15. The standard InChI is InChI=1S/C15H14ClN3O5S/c1-25(21,22)24-13-7-10(16)6-12(8-13)23-14(20)9-2-4-11(5-3-9)19-15(17)18/h2-8H,1H3,(H4,17,18,19). The van der Waals surface area contributed by atoms with Gasteiger partial charge in [-0.2, -0.15) is 8.42 Å². The smallest absolute Gasteiger partial charge is 0.343 e. The minimum atomic E-state index is -3.74. The summed E-state index contributed by atoms with van der Waals surface area (Å²) in [6.45, 7) is 0. The molecule has 0 spiro atoms. The van der Waals surface area contributed by atoms with Gasteiger partial charge in [-0.15, -0.1) is 0 Å². The minimum Gasteiger partial charge on any atom is -0.423 e. The maximum absolute atomic E-state index is 12.1. The van der Waals surface area contributed by atoms with Crippen LogP contribution in [0.4, 0.5) is 5.69 Å². The van der Waals surface area contributed by atoms with E-state index < -0.39 is 16.1 Å². The van der Waals surface area contributed by atoms with Gasteiger partial charge in [-0.1, -0.05) is 11.6 Å². The topological polar surface area (TPSA) is 132 Å². The normalized spacial score (nSPS) is 10.8. The Bertz CT molecular complexity index is 913. The van der Waals surface area contributed by atoms with Gasteiger partial charge in [0.1, 0.15) is 11.5 Å². The molecule has 2 aromatic rings.